The van der Waals surface area contributed by atoms with Crippen LogP contribution in [0, 0.1) is 0 Å². The maximum atomic E-state index is 12.0. The van der Waals surface area contributed by atoms with Crippen LogP contribution >= 0.6 is 0 Å². The Labute approximate surface area is 126 Å². The number of nitrogens with zero attached hydrogens (tertiary/aromatic N) is 1. The predicted octanol–water partition coefficient (Wildman–Crippen LogP) is 3.89. The summed E-state index contributed by atoms with van der Waals surface area (Å²) in [7, 11) is 0. The first-order valence-electron chi connectivity index (χ1n) is 7.32. The number of rotatable bonds is 6. The van der Waals surface area contributed by atoms with E-state index < -0.39 is 0 Å². The number of ether oxygens (including phenoxy) is 1. The summed E-state index contributed by atoms with van der Waals surface area (Å²) < 4.78 is 5.73. The van der Waals surface area contributed by atoms with E-state index in [1.807, 2.05) is 73.3 Å². The quantitative estimate of drug-likeness (QED) is 0.805. The second-order valence-corrected chi connectivity index (χ2v) is 4.80. The van der Waals surface area contributed by atoms with Crippen LogP contribution in [0.1, 0.15) is 19.4 Å². The van der Waals surface area contributed by atoms with E-state index in [0.717, 1.165) is 30.2 Å². The number of hydrogen-bond donors (Lipinski definition) is 0. The van der Waals surface area contributed by atoms with E-state index in [0.29, 0.717) is 6.42 Å². The van der Waals surface area contributed by atoms with E-state index in [4.69, 9.17) is 4.74 Å². The standard InChI is InChI=1S/C18H21NO2/c1-3-19(4-2)18(20)14-15-10-12-17(13-11-15)21-16-8-6-5-7-9-16/h5-13H,3-4,14H2,1-2H3. The first-order valence-corrected chi connectivity index (χ1v) is 7.32. The van der Waals surface area contributed by atoms with E-state index in [1.54, 1.807) is 0 Å². The van der Waals surface area contributed by atoms with Gasteiger partial charge in [-0.1, -0.05) is 30.3 Å². The van der Waals surface area contributed by atoms with Gasteiger partial charge in [0.25, 0.3) is 0 Å². The fourth-order valence-corrected chi connectivity index (χ4v) is 2.16. The summed E-state index contributed by atoms with van der Waals surface area (Å²) in [6.45, 7) is 5.51. The van der Waals surface area contributed by atoms with E-state index in [2.05, 4.69) is 0 Å². The van der Waals surface area contributed by atoms with Crippen molar-refractivity contribution in [3.05, 3.63) is 60.2 Å². The average molecular weight is 283 g/mol. The molecular formula is C18H21NO2. The summed E-state index contributed by atoms with van der Waals surface area (Å²) in [6, 6.07) is 17.3. The van der Waals surface area contributed by atoms with Crippen molar-refractivity contribution in [1.82, 2.24) is 4.90 Å². The molecule has 0 aliphatic heterocycles. The molecule has 0 heterocycles. The highest BCUT2D eigenvalue weighted by atomic mass is 16.5. The molecule has 2 aromatic carbocycles. The van der Waals surface area contributed by atoms with E-state index in [-0.39, 0.29) is 5.91 Å². The molecule has 0 aliphatic rings. The van der Waals surface area contributed by atoms with Gasteiger partial charge < -0.3 is 9.64 Å². The first kappa shape index (κ1) is 15.1. The molecule has 3 nitrogen and oxygen atoms in total. The predicted molar refractivity (Wildman–Crippen MR) is 84.6 cm³/mol. The van der Waals surface area contributed by atoms with Crippen molar-refractivity contribution in [2.24, 2.45) is 0 Å². The highest BCUT2D eigenvalue weighted by Gasteiger charge is 2.10. The van der Waals surface area contributed by atoms with Gasteiger partial charge in [0.15, 0.2) is 0 Å². The molecule has 0 saturated heterocycles. The van der Waals surface area contributed by atoms with Crippen LogP contribution in [0.2, 0.25) is 0 Å². The summed E-state index contributed by atoms with van der Waals surface area (Å²) in [6.07, 6.45) is 0.438. The molecule has 3 heteroatoms. The summed E-state index contributed by atoms with van der Waals surface area (Å²) >= 11 is 0. The van der Waals surface area contributed by atoms with Crippen molar-refractivity contribution >= 4 is 5.91 Å². The monoisotopic (exact) mass is 283 g/mol. The molecule has 1 amide bonds. The van der Waals surface area contributed by atoms with Crippen molar-refractivity contribution in [3.8, 4) is 11.5 Å². The number of likely N-dealkylation sites (N-methyl/N-ethyl adjacent to an activating group) is 1. The van der Waals surface area contributed by atoms with Gasteiger partial charge in [0, 0.05) is 13.1 Å². The third kappa shape index (κ3) is 4.35. The Bertz CT molecular complexity index is 560. The molecule has 0 radical (unpaired) electrons. The molecule has 110 valence electrons. The zero-order valence-corrected chi connectivity index (χ0v) is 12.6. The van der Waals surface area contributed by atoms with Crippen molar-refractivity contribution < 1.29 is 9.53 Å². The molecule has 0 saturated carbocycles. The van der Waals surface area contributed by atoms with E-state index in [9.17, 15) is 4.79 Å². The van der Waals surface area contributed by atoms with Crippen LogP contribution < -0.4 is 4.74 Å². The third-order valence-electron chi connectivity index (χ3n) is 3.37. The Morgan fingerprint density at radius 1 is 0.905 bits per heavy atom. The van der Waals surface area contributed by atoms with Crippen LogP contribution in [0.3, 0.4) is 0 Å². The number of carbonyl (C=O) groups is 1. The fourth-order valence-electron chi connectivity index (χ4n) is 2.16. The third-order valence-corrected chi connectivity index (χ3v) is 3.37. The lowest BCUT2D eigenvalue weighted by molar-refractivity contribution is -0.130. The molecule has 0 aliphatic carbocycles. The summed E-state index contributed by atoms with van der Waals surface area (Å²) in [5.41, 5.74) is 1.01. The molecule has 2 rings (SSSR count). The van der Waals surface area contributed by atoms with Gasteiger partial charge in [-0.15, -0.1) is 0 Å². The second kappa shape index (κ2) is 7.48. The maximum absolute atomic E-state index is 12.0. The molecular weight excluding hydrogens is 262 g/mol. The Morgan fingerprint density at radius 2 is 1.48 bits per heavy atom. The number of amides is 1. The van der Waals surface area contributed by atoms with Gasteiger partial charge in [0.05, 0.1) is 6.42 Å². The van der Waals surface area contributed by atoms with Crippen molar-refractivity contribution in [3.63, 3.8) is 0 Å². The molecule has 0 spiro atoms. The maximum Gasteiger partial charge on any atom is 0.226 e. The van der Waals surface area contributed by atoms with Crippen LogP contribution in [0.5, 0.6) is 11.5 Å². The molecule has 0 fully saturated rings. The van der Waals surface area contributed by atoms with Gasteiger partial charge in [-0.05, 0) is 43.7 Å². The summed E-state index contributed by atoms with van der Waals surface area (Å²) in [5, 5.41) is 0. The van der Waals surface area contributed by atoms with Crippen molar-refractivity contribution in [2.45, 2.75) is 20.3 Å². The van der Waals surface area contributed by atoms with Gasteiger partial charge in [-0.2, -0.15) is 0 Å². The van der Waals surface area contributed by atoms with Gasteiger partial charge >= 0.3 is 0 Å². The van der Waals surface area contributed by atoms with Gasteiger partial charge in [-0.25, -0.2) is 0 Å². The van der Waals surface area contributed by atoms with Crippen LogP contribution in [0.25, 0.3) is 0 Å². The van der Waals surface area contributed by atoms with E-state index >= 15 is 0 Å². The van der Waals surface area contributed by atoms with Crippen LogP contribution in [0.4, 0.5) is 0 Å². The lowest BCUT2D eigenvalue weighted by Gasteiger charge is -2.18. The fraction of sp³-hybridized carbons (Fsp3) is 0.278. The SMILES string of the molecule is CCN(CC)C(=O)Cc1ccc(Oc2ccccc2)cc1. The van der Waals surface area contributed by atoms with Crippen LogP contribution in [-0.2, 0) is 11.2 Å². The minimum atomic E-state index is 0.164. The van der Waals surface area contributed by atoms with Crippen molar-refractivity contribution in [2.75, 3.05) is 13.1 Å². The number of hydrogen-bond acceptors (Lipinski definition) is 2. The number of benzene rings is 2. The molecule has 2 aromatic rings. The number of carbonyl (C=O) groups excluding carboxylic acids is 1. The lowest BCUT2D eigenvalue weighted by atomic mass is 10.1. The smallest absolute Gasteiger partial charge is 0.226 e. The highest BCUT2D eigenvalue weighted by Crippen LogP contribution is 2.21. The van der Waals surface area contributed by atoms with Crippen molar-refractivity contribution in [1.29, 1.82) is 0 Å². The Hall–Kier alpha value is -2.29. The molecule has 0 bridgehead atoms. The van der Waals surface area contributed by atoms with Gasteiger partial charge in [0.1, 0.15) is 11.5 Å². The molecule has 0 unspecified atom stereocenters. The molecule has 21 heavy (non-hydrogen) atoms. The first-order chi connectivity index (χ1) is 10.2. The van der Waals surface area contributed by atoms with Crippen LogP contribution in [0.15, 0.2) is 54.6 Å². The van der Waals surface area contributed by atoms with Gasteiger partial charge in [-0.3, -0.25) is 4.79 Å². The van der Waals surface area contributed by atoms with Gasteiger partial charge in [0.2, 0.25) is 5.91 Å². The lowest BCUT2D eigenvalue weighted by Crippen LogP contribution is -2.31. The van der Waals surface area contributed by atoms with E-state index in [1.165, 1.54) is 0 Å². The molecule has 0 aromatic heterocycles. The highest BCUT2D eigenvalue weighted by molar-refractivity contribution is 5.78. The second-order valence-electron chi connectivity index (χ2n) is 4.80. The zero-order chi connectivity index (χ0) is 15.1. The topological polar surface area (TPSA) is 29.5 Å². The Kier molecular flexibility index (Phi) is 5.38. The largest absolute Gasteiger partial charge is 0.457 e. The minimum absolute atomic E-state index is 0.164. The number of para-hydroxylation sites is 1. The molecule has 0 N–H and O–H groups in total. The minimum Gasteiger partial charge on any atom is -0.457 e. The zero-order valence-electron chi connectivity index (χ0n) is 12.6. The van der Waals surface area contributed by atoms with Crippen LogP contribution in [-0.4, -0.2) is 23.9 Å². The summed E-state index contributed by atoms with van der Waals surface area (Å²) in [4.78, 5) is 13.9. The average Bonchev–Trinajstić information content (AvgIpc) is 2.51. The summed E-state index contributed by atoms with van der Waals surface area (Å²) in [5.74, 6) is 1.75. The Balaban J connectivity index is 1.97. The molecule has 0 atom stereocenters. The Morgan fingerprint density at radius 3 is 2.05 bits per heavy atom. The normalized spacial score (nSPS) is 10.2.